The van der Waals surface area contributed by atoms with Crippen molar-refractivity contribution in [2.75, 3.05) is 18.0 Å². The van der Waals surface area contributed by atoms with Crippen LogP contribution in [0, 0.1) is 0 Å². The fourth-order valence-electron chi connectivity index (χ4n) is 6.23. The van der Waals surface area contributed by atoms with E-state index in [2.05, 4.69) is 38.8 Å². The van der Waals surface area contributed by atoms with E-state index in [0.717, 1.165) is 70.2 Å². The molecule has 4 rings (SSSR count). The molecule has 0 spiro atoms. The third kappa shape index (κ3) is 7.43. The number of carbonyl (C=O) groups is 1. The molecule has 10 nitrogen and oxygen atoms in total. The van der Waals surface area contributed by atoms with Crippen LogP contribution in [-0.4, -0.2) is 47.4 Å². The van der Waals surface area contributed by atoms with Crippen molar-refractivity contribution in [2.45, 2.75) is 80.9 Å². The first-order valence-electron chi connectivity index (χ1n) is 14.8. The molecule has 0 aliphatic carbocycles. The maximum atomic E-state index is 11.7. The van der Waals surface area contributed by atoms with Crippen molar-refractivity contribution in [3.05, 3.63) is 83.6 Å². The first-order valence-corrected chi connectivity index (χ1v) is 17.0. The second-order valence-corrected chi connectivity index (χ2v) is 14.2. The lowest BCUT2D eigenvalue weighted by molar-refractivity contribution is -0.777. The van der Waals surface area contributed by atoms with Gasteiger partial charge in [-0.3, -0.25) is 9.83 Å². The summed E-state index contributed by atoms with van der Waals surface area (Å²) in [7, 11) is -4.57. The molecule has 12 heteroatoms. The lowest BCUT2D eigenvalue weighted by atomic mass is 9.81. The molecule has 0 bridgehead atoms. The van der Waals surface area contributed by atoms with Gasteiger partial charge in [0.25, 0.3) is 0 Å². The van der Waals surface area contributed by atoms with Crippen LogP contribution in [-0.2, 0) is 35.1 Å². The van der Waals surface area contributed by atoms with Gasteiger partial charge in [0.2, 0.25) is 5.69 Å². The summed E-state index contributed by atoms with van der Waals surface area (Å²) < 4.78 is 41.9. The number of carboxylic acid groups (broad SMARTS) is 1. The van der Waals surface area contributed by atoms with E-state index in [1.54, 1.807) is 6.07 Å². The zero-order valence-corrected chi connectivity index (χ0v) is 27.7. The minimum absolute atomic E-state index is 0.150. The number of benzene rings is 2. The van der Waals surface area contributed by atoms with E-state index in [9.17, 15) is 23.0 Å². The highest BCUT2D eigenvalue weighted by atomic mass is 32.2. The number of hydrogen-bond acceptors (Lipinski definition) is 9. The number of allylic oxidation sites excluding steroid dienone is 6. The number of rotatable bonds is 14. The molecule has 0 atom stereocenters. The molecule has 2 heterocycles. The van der Waals surface area contributed by atoms with Crippen molar-refractivity contribution >= 4 is 45.2 Å². The van der Waals surface area contributed by atoms with E-state index in [1.165, 1.54) is 12.1 Å². The predicted molar refractivity (Wildman–Crippen MR) is 170 cm³/mol. The first kappa shape index (κ1) is 34.6. The normalized spacial score (nSPS) is 18.0. The van der Waals surface area contributed by atoms with Crippen LogP contribution in [0.2, 0.25) is 0 Å². The average molecular weight is 656 g/mol. The van der Waals surface area contributed by atoms with Gasteiger partial charge in [0, 0.05) is 58.8 Å². The fraction of sp³-hybridized carbons (Fsp3) is 0.394. The third-order valence-electron chi connectivity index (χ3n) is 8.49. The molecular weight excluding hydrogens is 617 g/mol. The molecule has 2 aromatic rings. The lowest BCUT2D eigenvalue weighted by Gasteiger charge is -2.25. The molecule has 0 radical (unpaired) electrons. The Morgan fingerprint density at radius 3 is 2.44 bits per heavy atom. The van der Waals surface area contributed by atoms with Crippen molar-refractivity contribution in [2.24, 2.45) is 0 Å². The molecule has 45 heavy (non-hydrogen) atoms. The zero-order valence-electron chi connectivity index (χ0n) is 26.1. The second-order valence-electron chi connectivity index (χ2n) is 12.1. The molecule has 0 fully saturated rings. The maximum Gasteiger partial charge on any atom is 0.303 e. The van der Waals surface area contributed by atoms with Gasteiger partial charge < -0.3 is 19.8 Å². The largest absolute Gasteiger partial charge is 0.744 e. The van der Waals surface area contributed by atoms with Crippen LogP contribution in [0.5, 0.6) is 0 Å². The smallest absolute Gasteiger partial charge is 0.303 e. The lowest BCUT2D eigenvalue weighted by Crippen LogP contribution is -2.28. The van der Waals surface area contributed by atoms with Gasteiger partial charge in [0.15, 0.2) is 5.71 Å². The van der Waals surface area contributed by atoms with Gasteiger partial charge in [0.1, 0.15) is 16.7 Å². The van der Waals surface area contributed by atoms with E-state index < -0.39 is 21.5 Å². The van der Waals surface area contributed by atoms with Crippen molar-refractivity contribution in [3.8, 4) is 0 Å². The molecule has 0 unspecified atom stereocenters. The zero-order chi connectivity index (χ0) is 33.0. The minimum atomic E-state index is -4.57. The molecular formula is C33H39N2O8S2-. The summed E-state index contributed by atoms with van der Waals surface area (Å²) in [5.74, 6) is -0.791. The predicted octanol–water partition coefficient (Wildman–Crippen LogP) is 5.66. The van der Waals surface area contributed by atoms with Crippen LogP contribution in [0.25, 0.3) is 0 Å². The Balaban J connectivity index is 1.61. The van der Waals surface area contributed by atoms with Crippen molar-refractivity contribution in [1.82, 2.24) is 0 Å². The van der Waals surface area contributed by atoms with Crippen LogP contribution in [0.1, 0.15) is 71.4 Å². The van der Waals surface area contributed by atoms with Gasteiger partial charge in [-0.05, 0) is 75.6 Å². The quantitative estimate of drug-likeness (QED) is 0.0516. The second kappa shape index (κ2) is 14.0. The van der Waals surface area contributed by atoms with Crippen LogP contribution in [0.15, 0.2) is 82.3 Å². The summed E-state index contributed by atoms with van der Waals surface area (Å²) in [6.07, 6.45) is 12.4. The third-order valence-corrected chi connectivity index (χ3v) is 9.89. The van der Waals surface area contributed by atoms with E-state index in [4.69, 9.17) is 5.11 Å². The van der Waals surface area contributed by atoms with Gasteiger partial charge in [-0.2, -0.15) is 8.91 Å². The van der Waals surface area contributed by atoms with Crippen molar-refractivity contribution < 1.29 is 42.1 Å². The fourth-order valence-corrected chi connectivity index (χ4v) is 7.12. The highest BCUT2D eigenvalue weighted by molar-refractivity contribution is 7.94. The Morgan fingerprint density at radius 2 is 1.78 bits per heavy atom. The maximum absolute atomic E-state index is 11.7. The molecule has 242 valence electrons. The number of aliphatic carboxylic acids is 1. The van der Waals surface area contributed by atoms with Crippen LogP contribution in [0.4, 0.5) is 11.4 Å². The van der Waals surface area contributed by atoms with E-state index in [0.29, 0.717) is 13.0 Å². The summed E-state index contributed by atoms with van der Waals surface area (Å²) in [6, 6.07) is 10.4. The Hall–Kier alpha value is -3.26. The van der Waals surface area contributed by atoms with Gasteiger partial charge >= 0.3 is 5.97 Å². The monoisotopic (exact) mass is 655 g/mol. The Morgan fingerprint density at radius 1 is 1.02 bits per heavy atom. The molecule has 1 N–H and O–H groups in total. The van der Waals surface area contributed by atoms with Gasteiger partial charge in [0.05, 0.1) is 22.4 Å². The van der Waals surface area contributed by atoms with Crippen molar-refractivity contribution in [1.29, 1.82) is 0 Å². The topological polar surface area (TPSA) is 142 Å². The number of unbranched alkanes of at least 4 members (excludes halogenated alkanes) is 2. The first-order chi connectivity index (χ1) is 21.2. The highest BCUT2D eigenvalue weighted by Crippen LogP contribution is 2.48. The van der Waals surface area contributed by atoms with Crippen LogP contribution in [0.3, 0.4) is 0 Å². The van der Waals surface area contributed by atoms with Crippen molar-refractivity contribution in [3.63, 3.8) is 0 Å². The number of anilines is 1. The summed E-state index contributed by atoms with van der Waals surface area (Å²) in [6.45, 7) is 11.7. The number of fused-ring (bicyclic) bond motifs is 2. The Bertz CT molecular complexity index is 1670. The Labute approximate surface area is 269 Å². The minimum Gasteiger partial charge on any atom is -0.744 e. The summed E-state index contributed by atoms with van der Waals surface area (Å²) >= 11 is 0.849. The SMILES string of the molecule is CCN1C(=CC=CC=CC2=[N+](CCCCCC(=O)O)c3ccc(SOO[O-])cc3C2(C)C)C(C)(C)c2cc(S(=O)(=O)[O-])ccc21. The average Bonchev–Trinajstić information content (AvgIpc) is 3.32. The van der Waals surface area contributed by atoms with E-state index in [1.807, 2.05) is 63.3 Å². The molecule has 2 aliphatic heterocycles. The highest BCUT2D eigenvalue weighted by Gasteiger charge is 2.44. The molecule has 0 saturated heterocycles. The molecule has 0 amide bonds. The van der Waals surface area contributed by atoms with Gasteiger partial charge in [-0.1, -0.05) is 32.1 Å². The number of hydrogen-bond donors (Lipinski definition) is 1. The molecule has 0 saturated carbocycles. The van der Waals surface area contributed by atoms with Crippen LogP contribution < -0.4 is 10.2 Å². The number of carboxylic acids is 1. The van der Waals surface area contributed by atoms with Gasteiger partial charge in [-0.25, -0.2) is 8.42 Å². The summed E-state index contributed by atoms with van der Waals surface area (Å²) in [5.41, 5.74) is 4.97. The number of nitrogens with zero attached hydrogens (tertiary/aromatic N) is 2. The standard InChI is InChI=1S/C33H40N2O8S2/c1-6-34-27-19-17-24(45(39,40)41)22-26(27)33(4,5)29(34)13-9-7-10-14-30-32(2,3)25-21-23(44-43-42-38)16-18-28(25)35(30)20-12-8-11-15-31(36)37/h7,9-10,13-14,16-19,21-22H,6,8,11-12,15,20H2,1-5H3,(H2-,36,37,38,39,40,41)/p-1. The van der Waals surface area contributed by atoms with E-state index in [-0.39, 0.29) is 16.7 Å². The van der Waals surface area contributed by atoms with E-state index >= 15 is 0 Å². The molecule has 0 aromatic heterocycles. The summed E-state index contributed by atoms with van der Waals surface area (Å²) in [5, 5.41) is 22.9. The molecule has 2 aromatic carbocycles. The van der Waals surface area contributed by atoms with Crippen LogP contribution >= 0.6 is 12.0 Å². The van der Waals surface area contributed by atoms with Gasteiger partial charge in [-0.15, -0.1) is 0 Å². The summed E-state index contributed by atoms with van der Waals surface area (Å²) in [4.78, 5) is 13.6. The Kier molecular flexibility index (Phi) is 10.8. The molecule has 2 aliphatic rings. The number of likely N-dealkylation sites (N-methyl/N-ethyl adjacent to an activating group) is 1.